The second-order valence-corrected chi connectivity index (χ2v) is 12.5. The number of benzene rings is 5. The van der Waals surface area contributed by atoms with Crippen molar-refractivity contribution in [3.05, 3.63) is 103 Å². The van der Waals surface area contributed by atoms with Gasteiger partial charge in [-0.1, -0.05) is 60.7 Å². The molecule has 3 nitrogen and oxygen atoms in total. The Morgan fingerprint density at radius 2 is 1.20 bits per heavy atom. The summed E-state index contributed by atoms with van der Waals surface area (Å²) in [4.78, 5) is 0. The van der Waals surface area contributed by atoms with Crippen LogP contribution in [0.25, 0.3) is 31.3 Å². The van der Waals surface area contributed by atoms with Crippen LogP contribution in [0, 0.1) is 0 Å². The first kappa shape index (κ1) is 19.5. The van der Waals surface area contributed by atoms with Gasteiger partial charge in [-0.3, -0.25) is 0 Å². The van der Waals surface area contributed by atoms with E-state index in [4.69, 9.17) is 9.47 Å². The highest BCUT2D eigenvalue weighted by Crippen LogP contribution is 2.59. The van der Waals surface area contributed by atoms with Crippen LogP contribution >= 0.6 is 18.5 Å². The van der Waals surface area contributed by atoms with Crippen LogP contribution in [0.5, 0.6) is 23.0 Å². The standard InChI is InChI=1S/C30H17O3PS/c31-34-26-13-4-2-11-22(26)32-24-16-18(17-25(29(24)34)33-23-12-3-5-14-27(23)34)19-9-7-10-21-20-8-1-6-15-28(20)35-30(19)21/h1-17H. The van der Waals surface area contributed by atoms with Crippen molar-refractivity contribution in [3.8, 4) is 34.1 Å². The lowest BCUT2D eigenvalue weighted by molar-refractivity contribution is 0.462. The third-order valence-electron chi connectivity index (χ3n) is 6.92. The first-order valence-corrected chi connectivity index (χ1v) is 14.0. The fourth-order valence-corrected chi connectivity index (χ4v) is 9.67. The van der Waals surface area contributed by atoms with Crippen molar-refractivity contribution >= 4 is 54.6 Å². The van der Waals surface area contributed by atoms with Crippen LogP contribution in [0.2, 0.25) is 0 Å². The molecule has 8 rings (SSSR count). The molecule has 3 heterocycles. The second kappa shape index (κ2) is 6.85. The van der Waals surface area contributed by atoms with Gasteiger partial charge < -0.3 is 14.0 Å². The van der Waals surface area contributed by atoms with Gasteiger partial charge in [0, 0.05) is 20.2 Å². The SMILES string of the molecule is O=P12c3ccccc3Oc3cc(-c4cccc5c4sc4ccccc45)cc(c31)Oc1ccccc12. The average molecular weight is 489 g/mol. The van der Waals surface area contributed by atoms with E-state index in [9.17, 15) is 4.57 Å². The molecule has 0 amide bonds. The summed E-state index contributed by atoms with van der Waals surface area (Å²) < 4.78 is 30.2. The van der Waals surface area contributed by atoms with Crippen molar-refractivity contribution < 1.29 is 14.0 Å². The van der Waals surface area contributed by atoms with Gasteiger partial charge in [-0.15, -0.1) is 11.3 Å². The first-order valence-electron chi connectivity index (χ1n) is 11.5. The van der Waals surface area contributed by atoms with Gasteiger partial charge in [-0.25, -0.2) is 0 Å². The maximum absolute atomic E-state index is 15.0. The molecule has 6 aromatic rings. The Bertz CT molecular complexity index is 1830. The molecule has 2 aliphatic heterocycles. The van der Waals surface area contributed by atoms with Gasteiger partial charge in [0.2, 0.25) is 0 Å². The summed E-state index contributed by atoms with van der Waals surface area (Å²) in [6, 6.07) is 34.3. The maximum Gasteiger partial charge on any atom is 0.185 e. The predicted molar refractivity (Wildman–Crippen MR) is 144 cm³/mol. The molecule has 0 unspecified atom stereocenters. The molecule has 5 heteroatoms. The lowest BCUT2D eigenvalue weighted by Gasteiger charge is -2.34. The molecule has 35 heavy (non-hydrogen) atoms. The summed E-state index contributed by atoms with van der Waals surface area (Å²) in [5.74, 6) is 2.49. The minimum absolute atomic E-state index is 0.604. The van der Waals surface area contributed by atoms with Gasteiger partial charge in [0.25, 0.3) is 0 Å². The maximum atomic E-state index is 15.0. The van der Waals surface area contributed by atoms with E-state index in [2.05, 4.69) is 42.5 Å². The monoisotopic (exact) mass is 488 g/mol. The Labute approximate surface area is 205 Å². The van der Waals surface area contributed by atoms with Gasteiger partial charge in [-0.2, -0.15) is 0 Å². The highest BCUT2D eigenvalue weighted by atomic mass is 32.1. The lowest BCUT2D eigenvalue weighted by Crippen LogP contribution is -2.35. The molecule has 0 spiro atoms. The van der Waals surface area contributed by atoms with Crippen LogP contribution in [0.15, 0.2) is 103 Å². The largest absolute Gasteiger partial charge is 0.456 e. The molecular weight excluding hydrogens is 471 g/mol. The highest BCUT2D eigenvalue weighted by Gasteiger charge is 2.46. The van der Waals surface area contributed by atoms with Gasteiger partial charge in [0.15, 0.2) is 7.14 Å². The third kappa shape index (κ3) is 2.53. The average Bonchev–Trinajstić information content (AvgIpc) is 3.27. The molecule has 0 aliphatic carbocycles. The summed E-state index contributed by atoms with van der Waals surface area (Å²) >= 11 is 1.79. The van der Waals surface area contributed by atoms with E-state index in [1.807, 2.05) is 60.7 Å². The summed E-state index contributed by atoms with van der Waals surface area (Å²) in [5.41, 5.74) is 2.10. The van der Waals surface area contributed by atoms with Crippen LogP contribution in [-0.2, 0) is 4.57 Å². The van der Waals surface area contributed by atoms with Crippen LogP contribution in [0.3, 0.4) is 0 Å². The summed E-state index contributed by atoms with van der Waals surface area (Å²) in [6.45, 7) is 0. The molecule has 0 bridgehead atoms. The molecule has 0 atom stereocenters. The Kier molecular flexibility index (Phi) is 3.81. The van der Waals surface area contributed by atoms with Gasteiger partial charge in [0.1, 0.15) is 28.3 Å². The number of thiophene rings is 1. The predicted octanol–water partition coefficient (Wildman–Crippen LogP) is 7.57. The topological polar surface area (TPSA) is 35.5 Å². The number of hydrogen-bond donors (Lipinski definition) is 0. The van der Waals surface area contributed by atoms with Crippen molar-refractivity contribution in [2.24, 2.45) is 0 Å². The van der Waals surface area contributed by atoms with E-state index in [1.54, 1.807) is 11.3 Å². The van der Waals surface area contributed by atoms with Crippen molar-refractivity contribution in [2.45, 2.75) is 0 Å². The Hall–Kier alpha value is -3.85. The molecular formula is C30H17O3PS. The van der Waals surface area contributed by atoms with Crippen LogP contribution in [0.4, 0.5) is 0 Å². The van der Waals surface area contributed by atoms with E-state index in [1.165, 1.54) is 20.2 Å². The van der Waals surface area contributed by atoms with Crippen LogP contribution in [-0.4, -0.2) is 0 Å². The molecule has 166 valence electrons. The zero-order chi connectivity index (χ0) is 23.1. The molecule has 0 saturated heterocycles. The normalized spacial score (nSPS) is 14.5. The minimum Gasteiger partial charge on any atom is -0.456 e. The molecule has 0 fully saturated rings. The van der Waals surface area contributed by atoms with E-state index < -0.39 is 7.14 Å². The lowest BCUT2D eigenvalue weighted by atomic mass is 10.0. The van der Waals surface area contributed by atoms with Crippen molar-refractivity contribution in [3.63, 3.8) is 0 Å². The fourth-order valence-electron chi connectivity index (χ4n) is 5.39. The summed E-state index contributed by atoms with van der Waals surface area (Å²) in [7, 11) is -3.15. The first-order chi connectivity index (χ1) is 17.2. The van der Waals surface area contributed by atoms with Gasteiger partial charge in [-0.05, 0) is 53.6 Å². The number of ether oxygens (including phenoxy) is 2. The number of para-hydroxylation sites is 2. The summed E-state index contributed by atoms with van der Waals surface area (Å²) in [6.07, 6.45) is 0. The molecule has 0 saturated carbocycles. The zero-order valence-electron chi connectivity index (χ0n) is 18.4. The van der Waals surface area contributed by atoms with E-state index in [0.29, 0.717) is 28.3 Å². The van der Waals surface area contributed by atoms with Gasteiger partial charge in [0.05, 0.1) is 10.6 Å². The number of rotatable bonds is 1. The number of fused-ring (bicyclic) bond motifs is 7. The quantitative estimate of drug-likeness (QED) is 0.224. The van der Waals surface area contributed by atoms with Crippen LogP contribution in [0.1, 0.15) is 0 Å². The molecule has 1 aromatic heterocycles. The molecule has 0 N–H and O–H groups in total. The third-order valence-corrected chi connectivity index (χ3v) is 11.3. The molecule has 2 aliphatic rings. The van der Waals surface area contributed by atoms with Crippen molar-refractivity contribution in [2.75, 3.05) is 0 Å². The zero-order valence-corrected chi connectivity index (χ0v) is 20.1. The fraction of sp³-hybridized carbons (Fsp3) is 0. The highest BCUT2D eigenvalue weighted by molar-refractivity contribution is 7.86. The molecule has 5 aromatic carbocycles. The van der Waals surface area contributed by atoms with Gasteiger partial charge >= 0.3 is 0 Å². The van der Waals surface area contributed by atoms with E-state index in [0.717, 1.165) is 21.7 Å². The Balaban J connectivity index is 1.44. The minimum atomic E-state index is -3.15. The Morgan fingerprint density at radius 1 is 0.600 bits per heavy atom. The smallest absolute Gasteiger partial charge is 0.185 e. The van der Waals surface area contributed by atoms with Crippen LogP contribution < -0.4 is 25.4 Å². The summed E-state index contributed by atoms with van der Waals surface area (Å²) in [5, 5.41) is 4.60. The van der Waals surface area contributed by atoms with E-state index in [-0.39, 0.29) is 0 Å². The Morgan fingerprint density at radius 3 is 1.91 bits per heavy atom. The van der Waals surface area contributed by atoms with Crippen molar-refractivity contribution in [1.82, 2.24) is 0 Å². The van der Waals surface area contributed by atoms with E-state index >= 15 is 0 Å². The van der Waals surface area contributed by atoms with Crippen molar-refractivity contribution in [1.29, 1.82) is 0 Å². The molecule has 0 radical (unpaired) electrons. The second-order valence-electron chi connectivity index (χ2n) is 8.85. The number of hydrogen-bond acceptors (Lipinski definition) is 4.